The molecule has 0 atom stereocenters. The van der Waals surface area contributed by atoms with Crippen LogP contribution in [0.1, 0.15) is 49.8 Å². The van der Waals surface area contributed by atoms with Gasteiger partial charge >= 0.3 is 0 Å². The quantitative estimate of drug-likeness (QED) is 0.911. The highest BCUT2D eigenvalue weighted by Crippen LogP contribution is 2.58. The maximum absolute atomic E-state index is 4.74. The Kier molecular flexibility index (Phi) is 2.82. The van der Waals surface area contributed by atoms with Crippen molar-refractivity contribution in [3.63, 3.8) is 0 Å². The maximum Gasteiger partial charge on any atom is 0.135 e. The number of anilines is 1. The van der Waals surface area contributed by atoms with Crippen LogP contribution in [0.25, 0.3) is 0 Å². The number of nitrogens with one attached hydrogen (secondary N) is 1. The van der Waals surface area contributed by atoms with E-state index < -0.39 is 0 Å². The van der Waals surface area contributed by atoms with Crippen molar-refractivity contribution in [2.24, 2.45) is 17.8 Å². The zero-order chi connectivity index (χ0) is 14.7. The molecule has 0 radical (unpaired) electrons. The van der Waals surface area contributed by atoms with Gasteiger partial charge in [-0.25, -0.2) is 9.97 Å². The molecule has 0 aromatic carbocycles. The highest BCUT2D eigenvalue weighted by Gasteiger charge is 2.53. The van der Waals surface area contributed by atoms with Crippen molar-refractivity contribution in [1.29, 1.82) is 0 Å². The molecule has 4 bridgehead atoms. The van der Waals surface area contributed by atoms with Gasteiger partial charge in [0, 0.05) is 24.7 Å². The van der Waals surface area contributed by atoms with Crippen molar-refractivity contribution in [3.8, 4) is 0 Å². The van der Waals surface area contributed by atoms with Gasteiger partial charge in [0.1, 0.15) is 12.1 Å². The minimum Gasteiger partial charge on any atom is -0.354 e. The van der Waals surface area contributed by atoms with Crippen LogP contribution in [0.3, 0.4) is 0 Å². The van der Waals surface area contributed by atoms with Gasteiger partial charge in [0.2, 0.25) is 0 Å². The fraction of sp³-hybridized carbons (Fsp3) is 0.778. The highest BCUT2D eigenvalue weighted by molar-refractivity contribution is 5.52. The third-order valence-corrected chi connectivity index (χ3v) is 6.89. The van der Waals surface area contributed by atoms with Gasteiger partial charge in [0.05, 0.1) is 5.69 Å². The van der Waals surface area contributed by atoms with Gasteiger partial charge < -0.3 is 10.2 Å². The van der Waals surface area contributed by atoms with E-state index in [1.54, 1.807) is 6.33 Å². The number of nitrogens with zero attached hydrogens (tertiary/aromatic N) is 3. The van der Waals surface area contributed by atoms with Gasteiger partial charge in [0.15, 0.2) is 0 Å². The smallest absolute Gasteiger partial charge is 0.135 e. The van der Waals surface area contributed by atoms with E-state index in [0.717, 1.165) is 37.3 Å². The molecule has 0 unspecified atom stereocenters. The van der Waals surface area contributed by atoms with Crippen molar-refractivity contribution < 1.29 is 0 Å². The number of hydrogen-bond donors (Lipinski definition) is 1. The lowest BCUT2D eigenvalue weighted by Crippen LogP contribution is -2.59. The lowest BCUT2D eigenvalue weighted by Gasteiger charge is -2.60. The molecule has 4 heteroatoms. The Morgan fingerprint density at radius 1 is 1.09 bits per heavy atom. The van der Waals surface area contributed by atoms with Crippen LogP contribution in [0.4, 0.5) is 5.82 Å². The summed E-state index contributed by atoms with van der Waals surface area (Å²) in [5, 5.41) is 3.43. The number of hydrogen-bond acceptors (Lipinski definition) is 4. The summed E-state index contributed by atoms with van der Waals surface area (Å²) in [5.41, 5.74) is 3.01. The van der Waals surface area contributed by atoms with Crippen LogP contribution >= 0.6 is 0 Å². The van der Waals surface area contributed by atoms with E-state index in [0.29, 0.717) is 5.54 Å². The van der Waals surface area contributed by atoms with E-state index in [4.69, 9.17) is 4.98 Å². The molecule has 118 valence electrons. The lowest BCUT2D eigenvalue weighted by atomic mass is 9.52. The standard InChI is InChI=1S/C18H26N4/c1-22(17-15-2-3-19-10-16(15)20-11-21-17)18-7-12-4-13(8-18)6-14(5-12)9-18/h11-14,19H,2-10H2,1H3. The second kappa shape index (κ2) is 4.67. The fourth-order valence-electron chi connectivity index (χ4n) is 6.26. The first kappa shape index (κ1) is 13.3. The van der Waals surface area contributed by atoms with E-state index in [1.807, 2.05) is 0 Å². The van der Waals surface area contributed by atoms with Crippen LogP contribution in [0.15, 0.2) is 6.33 Å². The molecule has 4 fully saturated rings. The SMILES string of the molecule is CN(c1ncnc2c1CCNC2)C12CC3CC(CC(C3)C1)C2. The van der Waals surface area contributed by atoms with Crippen molar-refractivity contribution in [1.82, 2.24) is 15.3 Å². The molecule has 4 saturated carbocycles. The molecular formula is C18H26N4. The summed E-state index contributed by atoms with van der Waals surface area (Å²) < 4.78 is 0. The van der Waals surface area contributed by atoms with Gasteiger partial charge in [0.25, 0.3) is 0 Å². The average molecular weight is 298 g/mol. The molecular weight excluding hydrogens is 272 g/mol. The maximum atomic E-state index is 4.74. The van der Waals surface area contributed by atoms with Crippen LogP contribution in [0.5, 0.6) is 0 Å². The number of rotatable bonds is 2. The Balaban J connectivity index is 1.53. The second-order valence-corrected chi connectivity index (χ2v) is 8.25. The third kappa shape index (κ3) is 1.86. The van der Waals surface area contributed by atoms with Crippen LogP contribution in [0, 0.1) is 17.8 Å². The summed E-state index contributed by atoms with van der Waals surface area (Å²) in [6, 6.07) is 0. The molecule has 6 rings (SSSR count). The Morgan fingerprint density at radius 3 is 2.45 bits per heavy atom. The molecule has 4 aliphatic carbocycles. The predicted octanol–water partition coefficient (Wildman–Crippen LogP) is 2.53. The molecule has 4 nitrogen and oxygen atoms in total. The van der Waals surface area contributed by atoms with E-state index in [-0.39, 0.29) is 0 Å². The summed E-state index contributed by atoms with van der Waals surface area (Å²) in [7, 11) is 2.32. The molecule has 1 aromatic rings. The molecule has 1 aromatic heterocycles. The Hall–Kier alpha value is -1.16. The lowest BCUT2D eigenvalue weighted by molar-refractivity contribution is -0.00238. The van der Waals surface area contributed by atoms with Crippen LogP contribution in [-0.2, 0) is 13.0 Å². The summed E-state index contributed by atoms with van der Waals surface area (Å²) >= 11 is 0. The summed E-state index contributed by atoms with van der Waals surface area (Å²) in [6.07, 6.45) is 11.5. The minimum absolute atomic E-state index is 0.391. The minimum atomic E-state index is 0.391. The van der Waals surface area contributed by atoms with Crippen molar-refractivity contribution >= 4 is 5.82 Å². The molecule has 1 N–H and O–H groups in total. The molecule has 5 aliphatic rings. The largest absolute Gasteiger partial charge is 0.354 e. The first-order valence-corrected chi connectivity index (χ1v) is 9.01. The van der Waals surface area contributed by atoms with Gasteiger partial charge in [-0.1, -0.05) is 0 Å². The Labute approximate surface area is 132 Å². The summed E-state index contributed by atoms with van der Waals surface area (Å²) in [5.74, 6) is 4.17. The molecule has 1 aliphatic heterocycles. The zero-order valence-electron chi connectivity index (χ0n) is 13.5. The molecule has 2 heterocycles. The van der Waals surface area contributed by atoms with Gasteiger partial charge in [-0.05, 0) is 69.2 Å². The monoisotopic (exact) mass is 298 g/mol. The highest BCUT2D eigenvalue weighted by atomic mass is 15.2. The summed E-state index contributed by atoms with van der Waals surface area (Å²) in [6.45, 7) is 1.96. The summed E-state index contributed by atoms with van der Waals surface area (Å²) in [4.78, 5) is 11.8. The zero-order valence-corrected chi connectivity index (χ0v) is 13.5. The van der Waals surface area contributed by atoms with E-state index >= 15 is 0 Å². The predicted molar refractivity (Wildman–Crippen MR) is 86.7 cm³/mol. The fourth-order valence-corrected chi connectivity index (χ4v) is 6.26. The molecule has 0 spiro atoms. The topological polar surface area (TPSA) is 41.1 Å². The van der Waals surface area contributed by atoms with Crippen molar-refractivity contribution in [2.75, 3.05) is 18.5 Å². The van der Waals surface area contributed by atoms with Crippen LogP contribution < -0.4 is 10.2 Å². The van der Waals surface area contributed by atoms with E-state index in [2.05, 4.69) is 22.2 Å². The van der Waals surface area contributed by atoms with Crippen LogP contribution in [0.2, 0.25) is 0 Å². The van der Waals surface area contributed by atoms with Gasteiger partial charge in [-0.15, -0.1) is 0 Å². The second-order valence-electron chi connectivity index (χ2n) is 8.25. The number of fused-ring (bicyclic) bond motifs is 1. The van der Waals surface area contributed by atoms with Crippen molar-refractivity contribution in [2.45, 2.75) is 57.0 Å². The first-order valence-electron chi connectivity index (χ1n) is 9.01. The number of aromatic nitrogens is 2. The molecule has 0 amide bonds. The third-order valence-electron chi connectivity index (χ3n) is 6.89. The molecule has 22 heavy (non-hydrogen) atoms. The average Bonchev–Trinajstić information content (AvgIpc) is 2.52. The Bertz CT molecular complexity index is 561. The molecule has 0 saturated heterocycles. The van der Waals surface area contributed by atoms with Crippen molar-refractivity contribution in [3.05, 3.63) is 17.6 Å². The van der Waals surface area contributed by atoms with Crippen LogP contribution in [-0.4, -0.2) is 29.1 Å². The Morgan fingerprint density at radius 2 is 1.77 bits per heavy atom. The first-order chi connectivity index (χ1) is 10.7. The van der Waals surface area contributed by atoms with E-state index in [9.17, 15) is 0 Å². The van der Waals surface area contributed by atoms with Gasteiger partial charge in [-0.2, -0.15) is 0 Å². The normalized spacial score (nSPS) is 38.9. The van der Waals surface area contributed by atoms with E-state index in [1.165, 1.54) is 55.6 Å². The van der Waals surface area contributed by atoms with Gasteiger partial charge in [-0.3, -0.25) is 0 Å².